The number of carbonyl (C=O) groups is 1. The minimum Gasteiger partial charge on any atom is -0.490 e. The van der Waals surface area contributed by atoms with Crippen LogP contribution in [0.1, 0.15) is 38.2 Å². The standard InChI is InChI=1S/C16H22FNO3/c1-3-8-18-16(15(19)20)7-6-13(10-16)21-14-9-12(17)5-4-11(14)2/h4-5,9,13,18H,3,6-8,10H2,1-2H3,(H,19,20). The number of aryl methyl sites for hydroxylation is 1. The maximum Gasteiger partial charge on any atom is 0.324 e. The maximum absolute atomic E-state index is 13.3. The van der Waals surface area contributed by atoms with Gasteiger partial charge in [0, 0.05) is 12.5 Å². The summed E-state index contributed by atoms with van der Waals surface area (Å²) >= 11 is 0. The van der Waals surface area contributed by atoms with Crippen molar-refractivity contribution in [2.75, 3.05) is 6.54 Å². The number of ether oxygens (including phenoxy) is 1. The van der Waals surface area contributed by atoms with Gasteiger partial charge in [-0.2, -0.15) is 0 Å². The van der Waals surface area contributed by atoms with Gasteiger partial charge in [0.25, 0.3) is 0 Å². The van der Waals surface area contributed by atoms with Crippen LogP contribution in [0.5, 0.6) is 5.75 Å². The molecule has 0 aromatic heterocycles. The molecule has 1 aliphatic rings. The monoisotopic (exact) mass is 295 g/mol. The average molecular weight is 295 g/mol. The van der Waals surface area contributed by atoms with Crippen molar-refractivity contribution >= 4 is 5.97 Å². The lowest BCUT2D eigenvalue weighted by atomic mass is 9.97. The van der Waals surface area contributed by atoms with Gasteiger partial charge in [-0.15, -0.1) is 0 Å². The summed E-state index contributed by atoms with van der Waals surface area (Å²) in [5.74, 6) is -0.683. The van der Waals surface area contributed by atoms with Crippen molar-refractivity contribution in [3.8, 4) is 5.75 Å². The van der Waals surface area contributed by atoms with E-state index in [-0.39, 0.29) is 11.9 Å². The summed E-state index contributed by atoms with van der Waals surface area (Å²) in [6.45, 7) is 4.52. The van der Waals surface area contributed by atoms with Crippen molar-refractivity contribution in [3.05, 3.63) is 29.6 Å². The Morgan fingerprint density at radius 3 is 3.00 bits per heavy atom. The Labute approximate surface area is 124 Å². The van der Waals surface area contributed by atoms with Crippen molar-refractivity contribution in [3.63, 3.8) is 0 Å². The zero-order chi connectivity index (χ0) is 15.5. The van der Waals surface area contributed by atoms with Gasteiger partial charge in [-0.1, -0.05) is 13.0 Å². The number of hydrogen-bond acceptors (Lipinski definition) is 3. The molecule has 1 fully saturated rings. The number of benzene rings is 1. The van der Waals surface area contributed by atoms with Crippen LogP contribution in [0.4, 0.5) is 4.39 Å². The third-order valence-corrected chi connectivity index (χ3v) is 4.04. The van der Waals surface area contributed by atoms with Crippen LogP contribution in [-0.4, -0.2) is 29.3 Å². The molecule has 2 unspecified atom stereocenters. The van der Waals surface area contributed by atoms with Crippen molar-refractivity contribution < 1.29 is 19.0 Å². The molecule has 2 N–H and O–H groups in total. The predicted octanol–water partition coefficient (Wildman–Crippen LogP) is 2.89. The molecule has 0 saturated heterocycles. The summed E-state index contributed by atoms with van der Waals surface area (Å²) in [6, 6.07) is 4.41. The second kappa shape index (κ2) is 6.43. The van der Waals surface area contributed by atoms with Gasteiger partial charge in [0.1, 0.15) is 23.2 Å². The molecule has 0 aliphatic heterocycles. The molecule has 0 heterocycles. The minimum atomic E-state index is -0.915. The smallest absolute Gasteiger partial charge is 0.324 e. The van der Waals surface area contributed by atoms with Gasteiger partial charge >= 0.3 is 5.97 Å². The number of nitrogens with one attached hydrogen (secondary N) is 1. The lowest BCUT2D eigenvalue weighted by Crippen LogP contribution is -2.50. The lowest BCUT2D eigenvalue weighted by Gasteiger charge is -2.26. The topological polar surface area (TPSA) is 58.6 Å². The van der Waals surface area contributed by atoms with Crippen LogP contribution < -0.4 is 10.1 Å². The molecule has 1 aromatic rings. The van der Waals surface area contributed by atoms with Crippen LogP contribution >= 0.6 is 0 Å². The van der Waals surface area contributed by atoms with Gasteiger partial charge in [-0.05, 0) is 44.4 Å². The van der Waals surface area contributed by atoms with Crippen LogP contribution in [0.3, 0.4) is 0 Å². The lowest BCUT2D eigenvalue weighted by molar-refractivity contribution is -0.144. The first kappa shape index (κ1) is 15.8. The number of carboxylic acids is 1. The molecule has 1 aromatic carbocycles. The van der Waals surface area contributed by atoms with E-state index in [1.165, 1.54) is 12.1 Å². The highest BCUT2D eigenvalue weighted by atomic mass is 19.1. The molecule has 4 nitrogen and oxygen atoms in total. The van der Waals surface area contributed by atoms with Crippen molar-refractivity contribution in [1.82, 2.24) is 5.32 Å². The number of rotatable bonds is 6. The molecule has 0 spiro atoms. The molecule has 2 atom stereocenters. The maximum atomic E-state index is 13.3. The normalized spacial score (nSPS) is 25.0. The summed E-state index contributed by atoms with van der Waals surface area (Å²) < 4.78 is 19.1. The molecular weight excluding hydrogens is 273 g/mol. The summed E-state index contributed by atoms with van der Waals surface area (Å²) in [7, 11) is 0. The van der Waals surface area contributed by atoms with Crippen LogP contribution in [0.2, 0.25) is 0 Å². The third kappa shape index (κ3) is 3.53. The first-order valence-corrected chi connectivity index (χ1v) is 7.38. The highest BCUT2D eigenvalue weighted by molar-refractivity contribution is 5.79. The van der Waals surface area contributed by atoms with E-state index in [0.717, 1.165) is 12.0 Å². The quantitative estimate of drug-likeness (QED) is 0.847. The van der Waals surface area contributed by atoms with Crippen molar-refractivity contribution in [1.29, 1.82) is 0 Å². The number of halogens is 1. The molecule has 1 aliphatic carbocycles. The second-order valence-electron chi connectivity index (χ2n) is 5.71. The summed E-state index contributed by atoms with van der Waals surface area (Å²) in [4.78, 5) is 11.6. The molecule has 0 amide bonds. The Bertz CT molecular complexity index is 520. The number of hydrogen-bond donors (Lipinski definition) is 2. The second-order valence-corrected chi connectivity index (χ2v) is 5.71. The van der Waals surface area contributed by atoms with E-state index >= 15 is 0 Å². The zero-order valence-electron chi connectivity index (χ0n) is 12.5. The number of aliphatic carboxylic acids is 1. The minimum absolute atomic E-state index is 0.203. The van der Waals surface area contributed by atoms with Gasteiger partial charge in [0.05, 0.1) is 0 Å². The fraction of sp³-hybridized carbons (Fsp3) is 0.562. The third-order valence-electron chi connectivity index (χ3n) is 4.04. The number of carboxylic acid groups (broad SMARTS) is 1. The van der Waals surface area contributed by atoms with Gasteiger partial charge in [-0.25, -0.2) is 4.39 Å². The fourth-order valence-corrected chi connectivity index (χ4v) is 2.78. The van der Waals surface area contributed by atoms with Crippen molar-refractivity contribution in [2.24, 2.45) is 0 Å². The van der Waals surface area contributed by atoms with E-state index in [4.69, 9.17) is 4.74 Å². The molecule has 1 saturated carbocycles. The van der Waals surface area contributed by atoms with Crippen LogP contribution in [0, 0.1) is 12.7 Å². The Morgan fingerprint density at radius 2 is 2.33 bits per heavy atom. The zero-order valence-corrected chi connectivity index (χ0v) is 12.5. The van der Waals surface area contributed by atoms with Gasteiger partial charge < -0.3 is 15.2 Å². The Balaban J connectivity index is 2.07. The van der Waals surface area contributed by atoms with Crippen LogP contribution in [0.25, 0.3) is 0 Å². The summed E-state index contributed by atoms with van der Waals surface area (Å²) in [5, 5.41) is 12.6. The molecule has 5 heteroatoms. The van der Waals surface area contributed by atoms with E-state index in [1.807, 2.05) is 13.8 Å². The Morgan fingerprint density at radius 1 is 1.57 bits per heavy atom. The summed E-state index contributed by atoms with van der Waals surface area (Å²) in [6.07, 6.45) is 2.26. The van der Waals surface area contributed by atoms with E-state index in [0.29, 0.717) is 31.6 Å². The van der Waals surface area contributed by atoms with Gasteiger partial charge in [-0.3, -0.25) is 4.79 Å². The van der Waals surface area contributed by atoms with Gasteiger partial charge in [0.2, 0.25) is 0 Å². The van der Waals surface area contributed by atoms with E-state index < -0.39 is 11.5 Å². The Hall–Kier alpha value is -1.62. The molecule has 116 valence electrons. The molecule has 0 radical (unpaired) electrons. The van der Waals surface area contributed by atoms with Crippen molar-refractivity contribution in [2.45, 2.75) is 51.2 Å². The molecule has 21 heavy (non-hydrogen) atoms. The largest absolute Gasteiger partial charge is 0.490 e. The summed E-state index contributed by atoms with van der Waals surface area (Å²) in [5.41, 5.74) is -0.0622. The first-order chi connectivity index (χ1) is 9.97. The average Bonchev–Trinajstić information content (AvgIpc) is 2.85. The molecule has 2 rings (SSSR count). The van der Waals surface area contributed by atoms with Crippen LogP contribution in [-0.2, 0) is 4.79 Å². The Kier molecular flexibility index (Phi) is 4.83. The van der Waals surface area contributed by atoms with Gasteiger partial charge in [0.15, 0.2) is 0 Å². The highest BCUT2D eigenvalue weighted by Gasteiger charge is 2.46. The first-order valence-electron chi connectivity index (χ1n) is 7.38. The fourth-order valence-electron chi connectivity index (χ4n) is 2.78. The molecule has 0 bridgehead atoms. The SMILES string of the molecule is CCCNC1(C(=O)O)CCC(Oc2cc(F)ccc2C)C1. The van der Waals surface area contributed by atoms with E-state index in [1.54, 1.807) is 6.07 Å². The highest BCUT2D eigenvalue weighted by Crippen LogP contribution is 2.34. The van der Waals surface area contributed by atoms with Crippen LogP contribution in [0.15, 0.2) is 18.2 Å². The van der Waals surface area contributed by atoms with E-state index in [2.05, 4.69) is 5.32 Å². The molecular formula is C16H22FNO3. The van der Waals surface area contributed by atoms with E-state index in [9.17, 15) is 14.3 Å². The predicted molar refractivity (Wildman–Crippen MR) is 78.1 cm³/mol.